The molecule has 0 radical (unpaired) electrons. The Hall–Kier alpha value is -1.44. The highest BCUT2D eigenvalue weighted by molar-refractivity contribution is 5.74. The van der Waals surface area contributed by atoms with Crippen LogP contribution in [0.4, 0.5) is 0 Å². The fourth-order valence-corrected chi connectivity index (χ4v) is 2.81. The summed E-state index contributed by atoms with van der Waals surface area (Å²) in [6, 6.07) is 8.16. The van der Waals surface area contributed by atoms with Gasteiger partial charge in [-0.3, -0.25) is 0 Å². The van der Waals surface area contributed by atoms with Crippen LogP contribution in [0, 0.1) is 5.92 Å². The quantitative estimate of drug-likeness (QED) is 0.724. The second-order valence-corrected chi connectivity index (χ2v) is 4.74. The lowest BCUT2D eigenvalue weighted by Crippen LogP contribution is -2.03. The number of nitrogens with zero attached hydrogens (tertiary/aromatic N) is 2. The van der Waals surface area contributed by atoms with Crippen LogP contribution in [0.1, 0.15) is 37.6 Å². The lowest BCUT2D eigenvalue weighted by atomic mass is 9.94. The van der Waals surface area contributed by atoms with Crippen LogP contribution in [0.5, 0.6) is 0 Å². The zero-order chi connectivity index (χ0) is 11.1. The molecule has 2 unspecified atom stereocenters. The van der Waals surface area contributed by atoms with Crippen molar-refractivity contribution in [1.82, 2.24) is 9.97 Å². The van der Waals surface area contributed by atoms with E-state index < -0.39 is 0 Å². The summed E-state index contributed by atoms with van der Waals surface area (Å²) in [6.07, 6.45) is 2.26. The SMILES string of the molecule is CCC1c2nc3ccccc3nc2CC1C. The number of aromatic nitrogens is 2. The largest absolute Gasteiger partial charge is 0.249 e. The van der Waals surface area contributed by atoms with E-state index in [0.717, 1.165) is 17.5 Å². The van der Waals surface area contributed by atoms with E-state index in [9.17, 15) is 0 Å². The first kappa shape index (κ1) is 9.76. The van der Waals surface area contributed by atoms with Crippen LogP contribution in [-0.4, -0.2) is 9.97 Å². The van der Waals surface area contributed by atoms with Gasteiger partial charge in [0, 0.05) is 5.92 Å². The number of benzene rings is 1. The van der Waals surface area contributed by atoms with Crippen LogP contribution in [0.3, 0.4) is 0 Å². The van der Waals surface area contributed by atoms with E-state index in [1.165, 1.54) is 17.8 Å². The molecule has 1 aromatic heterocycles. The van der Waals surface area contributed by atoms with Crippen LogP contribution in [0.25, 0.3) is 11.0 Å². The number of rotatable bonds is 1. The molecule has 82 valence electrons. The van der Waals surface area contributed by atoms with Crippen LogP contribution < -0.4 is 0 Å². The smallest absolute Gasteiger partial charge is 0.0890 e. The molecule has 0 N–H and O–H groups in total. The van der Waals surface area contributed by atoms with Gasteiger partial charge in [0.15, 0.2) is 0 Å². The van der Waals surface area contributed by atoms with Crippen molar-refractivity contribution in [2.75, 3.05) is 0 Å². The lowest BCUT2D eigenvalue weighted by molar-refractivity contribution is 0.480. The maximum atomic E-state index is 4.80. The third-order valence-corrected chi connectivity index (χ3v) is 3.67. The van der Waals surface area contributed by atoms with E-state index >= 15 is 0 Å². The van der Waals surface area contributed by atoms with Crippen LogP contribution in [0.2, 0.25) is 0 Å². The first-order chi connectivity index (χ1) is 7.79. The van der Waals surface area contributed by atoms with Crippen molar-refractivity contribution in [1.29, 1.82) is 0 Å². The predicted octanol–water partition coefficient (Wildman–Crippen LogP) is 3.32. The molecule has 1 aliphatic rings. The van der Waals surface area contributed by atoms with Gasteiger partial charge in [-0.2, -0.15) is 0 Å². The molecule has 0 saturated carbocycles. The maximum Gasteiger partial charge on any atom is 0.0890 e. The first-order valence-corrected chi connectivity index (χ1v) is 6.05. The van der Waals surface area contributed by atoms with Crippen molar-refractivity contribution < 1.29 is 0 Å². The zero-order valence-corrected chi connectivity index (χ0v) is 9.77. The molecule has 2 heteroatoms. The van der Waals surface area contributed by atoms with Gasteiger partial charge < -0.3 is 0 Å². The van der Waals surface area contributed by atoms with E-state index in [2.05, 4.69) is 19.9 Å². The molecule has 0 aliphatic heterocycles. The summed E-state index contributed by atoms with van der Waals surface area (Å²) < 4.78 is 0. The maximum absolute atomic E-state index is 4.80. The lowest BCUT2D eigenvalue weighted by Gasteiger charge is -2.12. The van der Waals surface area contributed by atoms with Gasteiger partial charge in [-0.25, -0.2) is 9.97 Å². The fraction of sp³-hybridized carbons (Fsp3) is 0.429. The monoisotopic (exact) mass is 212 g/mol. The predicted molar refractivity (Wildman–Crippen MR) is 65.4 cm³/mol. The van der Waals surface area contributed by atoms with Gasteiger partial charge in [-0.15, -0.1) is 0 Å². The average Bonchev–Trinajstić information content (AvgIpc) is 2.60. The highest BCUT2D eigenvalue weighted by Gasteiger charge is 2.30. The molecule has 0 fully saturated rings. The van der Waals surface area contributed by atoms with Crippen molar-refractivity contribution in [2.24, 2.45) is 5.92 Å². The van der Waals surface area contributed by atoms with Crippen molar-refractivity contribution in [3.63, 3.8) is 0 Å². The average molecular weight is 212 g/mol. The Kier molecular flexibility index (Phi) is 2.16. The van der Waals surface area contributed by atoms with Crippen LogP contribution >= 0.6 is 0 Å². The molecule has 0 amide bonds. The molecule has 0 saturated heterocycles. The summed E-state index contributed by atoms with van der Waals surface area (Å²) in [5.41, 5.74) is 4.53. The Morgan fingerprint density at radius 3 is 2.56 bits per heavy atom. The summed E-state index contributed by atoms with van der Waals surface area (Å²) in [5, 5.41) is 0. The zero-order valence-electron chi connectivity index (χ0n) is 9.77. The van der Waals surface area contributed by atoms with E-state index in [1.807, 2.05) is 18.2 Å². The molecular weight excluding hydrogens is 196 g/mol. The van der Waals surface area contributed by atoms with Gasteiger partial charge in [0.05, 0.1) is 22.4 Å². The summed E-state index contributed by atoms with van der Waals surface area (Å²) in [5.74, 6) is 1.30. The van der Waals surface area contributed by atoms with Crippen molar-refractivity contribution >= 4 is 11.0 Å². The van der Waals surface area contributed by atoms with Crippen LogP contribution in [0.15, 0.2) is 24.3 Å². The van der Waals surface area contributed by atoms with Crippen molar-refractivity contribution in [3.8, 4) is 0 Å². The minimum atomic E-state index is 0.604. The Labute approximate surface area is 95.7 Å². The van der Waals surface area contributed by atoms with E-state index in [1.54, 1.807) is 0 Å². The normalized spacial score (nSPS) is 23.6. The molecule has 0 bridgehead atoms. The molecule has 2 aromatic rings. The third kappa shape index (κ3) is 1.33. The standard InChI is InChI=1S/C14H16N2/c1-3-10-9(2)8-13-14(10)16-12-7-5-4-6-11(12)15-13/h4-7,9-10H,3,8H2,1-2H3. The second-order valence-electron chi connectivity index (χ2n) is 4.74. The minimum absolute atomic E-state index is 0.604. The summed E-state index contributed by atoms with van der Waals surface area (Å²) >= 11 is 0. The Morgan fingerprint density at radius 1 is 1.19 bits per heavy atom. The van der Waals surface area contributed by atoms with Gasteiger partial charge in [0.1, 0.15) is 0 Å². The Balaban J connectivity index is 2.22. The number of fused-ring (bicyclic) bond motifs is 2. The molecule has 1 heterocycles. The van der Waals surface area contributed by atoms with E-state index in [-0.39, 0.29) is 0 Å². The van der Waals surface area contributed by atoms with Crippen LogP contribution in [-0.2, 0) is 6.42 Å². The molecule has 1 aliphatic carbocycles. The molecule has 2 atom stereocenters. The number of hydrogen-bond donors (Lipinski definition) is 0. The number of hydrogen-bond acceptors (Lipinski definition) is 2. The summed E-state index contributed by atoms with van der Waals surface area (Å²) in [4.78, 5) is 9.54. The minimum Gasteiger partial charge on any atom is -0.249 e. The third-order valence-electron chi connectivity index (χ3n) is 3.67. The summed E-state index contributed by atoms with van der Waals surface area (Å²) in [7, 11) is 0. The van der Waals surface area contributed by atoms with Gasteiger partial charge in [-0.1, -0.05) is 26.0 Å². The highest BCUT2D eigenvalue weighted by atomic mass is 14.9. The van der Waals surface area contributed by atoms with Gasteiger partial charge in [0.2, 0.25) is 0 Å². The van der Waals surface area contributed by atoms with Crippen molar-refractivity contribution in [2.45, 2.75) is 32.6 Å². The number of para-hydroxylation sites is 2. The molecular formula is C14H16N2. The molecule has 16 heavy (non-hydrogen) atoms. The highest BCUT2D eigenvalue weighted by Crippen LogP contribution is 2.38. The molecule has 3 rings (SSSR count). The first-order valence-electron chi connectivity index (χ1n) is 6.05. The van der Waals surface area contributed by atoms with Gasteiger partial charge in [0.25, 0.3) is 0 Å². The van der Waals surface area contributed by atoms with E-state index in [0.29, 0.717) is 11.8 Å². The molecule has 1 aromatic carbocycles. The topological polar surface area (TPSA) is 25.8 Å². The van der Waals surface area contributed by atoms with Gasteiger partial charge >= 0.3 is 0 Å². The second kappa shape index (κ2) is 3.55. The molecule has 0 spiro atoms. The van der Waals surface area contributed by atoms with Gasteiger partial charge in [-0.05, 0) is 30.9 Å². The summed E-state index contributed by atoms with van der Waals surface area (Å²) in [6.45, 7) is 4.55. The Morgan fingerprint density at radius 2 is 1.88 bits per heavy atom. The fourth-order valence-electron chi connectivity index (χ4n) is 2.81. The van der Waals surface area contributed by atoms with E-state index in [4.69, 9.17) is 9.97 Å². The Bertz CT molecular complexity index is 533. The molecule has 2 nitrogen and oxygen atoms in total. The van der Waals surface area contributed by atoms with Crippen molar-refractivity contribution in [3.05, 3.63) is 35.7 Å².